The van der Waals surface area contributed by atoms with Crippen LogP contribution in [0.3, 0.4) is 0 Å². The largest absolute Gasteiger partial charge is 0.493 e. The number of benzene rings is 1. The van der Waals surface area contributed by atoms with Gasteiger partial charge in [-0.2, -0.15) is 0 Å². The smallest absolute Gasteiger partial charge is 0.123 e. The summed E-state index contributed by atoms with van der Waals surface area (Å²) in [5, 5.41) is 0. The van der Waals surface area contributed by atoms with Crippen LogP contribution in [-0.2, 0) is 6.54 Å². The second kappa shape index (κ2) is 7.65. The molecule has 1 saturated heterocycles. The first-order chi connectivity index (χ1) is 9.72. The van der Waals surface area contributed by atoms with Crippen LogP contribution in [-0.4, -0.2) is 30.1 Å². The molecule has 20 heavy (non-hydrogen) atoms. The summed E-state index contributed by atoms with van der Waals surface area (Å²) in [6.07, 6.45) is 5.12. The van der Waals surface area contributed by atoms with E-state index in [0.29, 0.717) is 6.54 Å². The van der Waals surface area contributed by atoms with E-state index in [1.165, 1.54) is 19.3 Å². The van der Waals surface area contributed by atoms with Crippen molar-refractivity contribution in [1.29, 1.82) is 0 Å². The summed E-state index contributed by atoms with van der Waals surface area (Å²) in [4.78, 5) is 2.63. The molecule has 2 atom stereocenters. The molecule has 0 aromatic heterocycles. The lowest BCUT2D eigenvalue weighted by Crippen LogP contribution is -2.44. The minimum Gasteiger partial charge on any atom is -0.493 e. The van der Waals surface area contributed by atoms with Gasteiger partial charge in [0.15, 0.2) is 0 Å². The minimum atomic E-state index is 0.538. The van der Waals surface area contributed by atoms with Crippen molar-refractivity contribution in [3.63, 3.8) is 0 Å². The van der Waals surface area contributed by atoms with Crippen molar-refractivity contribution in [2.45, 2.75) is 58.2 Å². The summed E-state index contributed by atoms with van der Waals surface area (Å²) >= 11 is 0. The molecule has 0 spiro atoms. The number of nitrogens with zero attached hydrogens (tertiary/aromatic N) is 1. The predicted octanol–water partition coefficient (Wildman–Crippen LogP) is 3.18. The van der Waals surface area contributed by atoms with Crippen molar-refractivity contribution in [2.75, 3.05) is 13.2 Å². The van der Waals surface area contributed by atoms with E-state index in [1.54, 1.807) is 0 Å². The van der Waals surface area contributed by atoms with Crippen LogP contribution in [0.4, 0.5) is 0 Å². The Morgan fingerprint density at radius 3 is 2.60 bits per heavy atom. The van der Waals surface area contributed by atoms with Crippen molar-refractivity contribution in [3.8, 4) is 5.75 Å². The van der Waals surface area contributed by atoms with Gasteiger partial charge in [-0.15, -0.1) is 0 Å². The molecule has 1 aromatic carbocycles. The van der Waals surface area contributed by atoms with E-state index in [1.807, 2.05) is 24.3 Å². The van der Waals surface area contributed by atoms with Crippen LogP contribution in [0.15, 0.2) is 24.3 Å². The normalized spacial score (nSPS) is 23.8. The fraction of sp³-hybridized carbons (Fsp3) is 0.647. The zero-order chi connectivity index (χ0) is 14.4. The lowest BCUT2D eigenvalue weighted by molar-refractivity contribution is 0.0960. The van der Waals surface area contributed by atoms with E-state index in [0.717, 1.165) is 43.0 Å². The Hall–Kier alpha value is -1.06. The lowest BCUT2D eigenvalue weighted by Gasteiger charge is -2.39. The predicted molar refractivity (Wildman–Crippen MR) is 83.9 cm³/mol. The van der Waals surface area contributed by atoms with Crippen molar-refractivity contribution in [3.05, 3.63) is 29.8 Å². The molecule has 3 heteroatoms. The molecular formula is C17H28N2O. The van der Waals surface area contributed by atoms with Gasteiger partial charge in [0, 0.05) is 30.7 Å². The third-order valence-corrected chi connectivity index (χ3v) is 4.39. The molecule has 1 heterocycles. The zero-order valence-corrected chi connectivity index (χ0v) is 12.8. The van der Waals surface area contributed by atoms with Crippen LogP contribution >= 0.6 is 0 Å². The molecule has 0 radical (unpaired) electrons. The topological polar surface area (TPSA) is 38.5 Å². The van der Waals surface area contributed by atoms with Crippen LogP contribution in [0, 0.1) is 0 Å². The van der Waals surface area contributed by atoms with Crippen LogP contribution in [0.2, 0.25) is 0 Å². The van der Waals surface area contributed by atoms with E-state index in [4.69, 9.17) is 10.5 Å². The van der Waals surface area contributed by atoms with Crippen molar-refractivity contribution < 1.29 is 4.74 Å². The Labute approximate surface area is 123 Å². The quantitative estimate of drug-likeness (QED) is 0.811. The van der Waals surface area contributed by atoms with Crippen LogP contribution in [0.25, 0.3) is 0 Å². The molecule has 1 fully saturated rings. The van der Waals surface area contributed by atoms with Crippen LogP contribution < -0.4 is 10.5 Å². The molecule has 0 aliphatic carbocycles. The Bertz CT molecular complexity index is 398. The summed E-state index contributed by atoms with van der Waals surface area (Å²) in [6.45, 7) is 7.14. The molecule has 1 aliphatic heterocycles. The van der Waals surface area contributed by atoms with E-state index in [2.05, 4.69) is 18.7 Å². The molecule has 3 nitrogen and oxygen atoms in total. The first kappa shape index (κ1) is 15.3. The van der Waals surface area contributed by atoms with E-state index < -0.39 is 0 Å². The summed E-state index contributed by atoms with van der Waals surface area (Å²) < 4.78 is 5.88. The second-order valence-electron chi connectivity index (χ2n) is 5.88. The van der Waals surface area contributed by atoms with Gasteiger partial charge in [-0.05, 0) is 39.2 Å². The number of rotatable bonds is 6. The molecule has 2 N–H and O–H groups in total. The number of ether oxygens (including phenoxy) is 1. The van der Waals surface area contributed by atoms with Gasteiger partial charge in [0.1, 0.15) is 5.75 Å². The number of nitrogens with two attached hydrogens (primary N) is 1. The highest BCUT2D eigenvalue weighted by molar-refractivity contribution is 5.32. The molecule has 1 aliphatic rings. The average Bonchev–Trinajstić information content (AvgIpc) is 2.46. The first-order valence-electron chi connectivity index (χ1n) is 7.89. The standard InChI is InChI=1S/C17H28N2O/c1-14-7-5-8-15(2)19(14)11-6-12-20-17-10-4-3-9-16(17)13-18/h3-4,9-10,14-15H,5-8,11-13,18H2,1-2H3. The Balaban J connectivity index is 1.76. The highest BCUT2D eigenvalue weighted by atomic mass is 16.5. The monoisotopic (exact) mass is 276 g/mol. The molecule has 112 valence electrons. The van der Waals surface area contributed by atoms with Gasteiger partial charge in [0.05, 0.1) is 6.61 Å². The van der Waals surface area contributed by atoms with Crippen LogP contribution in [0.1, 0.15) is 45.1 Å². The van der Waals surface area contributed by atoms with E-state index >= 15 is 0 Å². The van der Waals surface area contributed by atoms with Gasteiger partial charge >= 0.3 is 0 Å². The molecule has 2 unspecified atom stereocenters. The summed E-state index contributed by atoms with van der Waals surface area (Å²) in [5.74, 6) is 0.940. The van der Waals surface area contributed by atoms with Gasteiger partial charge in [0.25, 0.3) is 0 Å². The average molecular weight is 276 g/mol. The Kier molecular flexibility index (Phi) is 5.86. The summed E-state index contributed by atoms with van der Waals surface area (Å²) in [7, 11) is 0. The van der Waals surface area contributed by atoms with Crippen LogP contribution in [0.5, 0.6) is 5.75 Å². The van der Waals surface area contributed by atoms with Gasteiger partial charge in [0.2, 0.25) is 0 Å². The van der Waals surface area contributed by atoms with Gasteiger partial charge in [-0.25, -0.2) is 0 Å². The highest BCUT2D eigenvalue weighted by Crippen LogP contribution is 2.22. The maximum Gasteiger partial charge on any atom is 0.123 e. The summed E-state index contributed by atoms with van der Waals surface area (Å²) in [6, 6.07) is 9.48. The molecule has 2 rings (SSSR count). The number of piperidine rings is 1. The second-order valence-corrected chi connectivity index (χ2v) is 5.88. The third-order valence-electron chi connectivity index (χ3n) is 4.39. The number of para-hydroxylation sites is 1. The van der Waals surface area contributed by atoms with Gasteiger partial charge in [-0.3, -0.25) is 4.90 Å². The molecular weight excluding hydrogens is 248 g/mol. The Morgan fingerprint density at radius 2 is 1.90 bits per heavy atom. The lowest BCUT2D eigenvalue weighted by atomic mass is 9.97. The molecule has 1 aromatic rings. The molecule has 0 bridgehead atoms. The zero-order valence-electron chi connectivity index (χ0n) is 12.8. The molecule has 0 amide bonds. The van der Waals surface area contributed by atoms with Gasteiger partial charge < -0.3 is 10.5 Å². The van der Waals surface area contributed by atoms with Crippen molar-refractivity contribution >= 4 is 0 Å². The van der Waals surface area contributed by atoms with E-state index in [9.17, 15) is 0 Å². The van der Waals surface area contributed by atoms with Gasteiger partial charge in [-0.1, -0.05) is 24.6 Å². The number of hydrogen-bond acceptors (Lipinski definition) is 3. The van der Waals surface area contributed by atoms with E-state index in [-0.39, 0.29) is 0 Å². The van der Waals surface area contributed by atoms with Crippen molar-refractivity contribution in [2.24, 2.45) is 5.73 Å². The number of hydrogen-bond donors (Lipinski definition) is 1. The fourth-order valence-electron chi connectivity index (χ4n) is 3.16. The minimum absolute atomic E-state index is 0.538. The van der Waals surface area contributed by atoms with Crippen molar-refractivity contribution in [1.82, 2.24) is 4.90 Å². The Morgan fingerprint density at radius 1 is 1.20 bits per heavy atom. The maximum absolute atomic E-state index is 5.88. The highest BCUT2D eigenvalue weighted by Gasteiger charge is 2.23. The fourth-order valence-corrected chi connectivity index (χ4v) is 3.16. The SMILES string of the molecule is CC1CCCC(C)N1CCCOc1ccccc1CN. The first-order valence-corrected chi connectivity index (χ1v) is 7.89. The number of likely N-dealkylation sites (tertiary alicyclic amines) is 1. The maximum atomic E-state index is 5.88. The molecule has 0 saturated carbocycles. The third kappa shape index (κ3) is 3.97. The summed E-state index contributed by atoms with van der Waals surface area (Å²) in [5.41, 5.74) is 6.81.